The fraction of sp³-hybridized carbons (Fsp3) is 0.760. The zero-order chi connectivity index (χ0) is 46.9. The molecule has 0 radical (unpaired) electrons. The third kappa shape index (κ3) is 43.3. The summed E-state index contributed by atoms with van der Waals surface area (Å²) in [6.07, 6.45) is 39.2. The lowest BCUT2D eigenvalue weighted by molar-refractivity contribution is -0.870. The number of ether oxygens (including phenoxy) is 2. The van der Waals surface area contributed by atoms with Crippen LogP contribution in [0.2, 0.25) is 0 Å². The maximum absolute atomic E-state index is 12.7. The average molecular weight is 913 g/mol. The SMILES string of the molecule is CCCCCCCC/C=C\CCCCCCCCCCCC(=O)O[C@H](COC(=O)CCC[C@@H](O)[C@H](O)/C=C/C=C/C=C\C=C\[C@H](O)CCCCC)COP(=O)(O)OCC[N+](C)(C)C. The smallest absolute Gasteiger partial charge is 0.462 e. The summed E-state index contributed by atoms with van der Waals surface area (Å²) >= 11 is 0. The van der Waals surface area contributed by atoms with Crippen LogP contribution >= 0.6 is 7.82 Å². The molecule has 0 saturated heterocycles. The van der Waals surface area contributed by atoms with E-state index in [0.717, 1.165) is 44.9 Å². The molecule has 13 heteroatoms. The van der Waals surface area contributed by atoms with Crippen LogP contribution in [0.15, 0.2) is 60.8 Å². The highest BCUT2D eigenvalue weighted by molar-refractivity contribution is 7.47. The molecule has 4 N–H and O–H groups in total. The van der Waals surface area contributed by atoms with E-state index in [1.807, 2.05) is 21.1 Å². The van der Waals surface area contributed by atoms with Gasteiger partial charge in [-0.1, -0.05) is 171 Å². The molecule has 5 atom stereocenters. The molecule has 0 aliphatic heterocycles. The molecule has 0 saturated carbocycles. The molecule has 0 rings (SSSR count). The van der Waals surface area contributed by atoms with Gasteiger partial charge >= 0.3 is 19.8 Å². The first-order valence-electron chi connectivity index (χ1n) is 24.3. The van der Waals surface area contributed by atoms with Gasteiger partial charge in [0.05, 0.1) is 46.1 Å². The minimum absolute atomic E-state index is 0.0261. The summed E-state index contributed by atoms with van der Waals surface area (Å²) in [5.41, 5.74) is 0. The van der Waals surface area contributed by atoms with E-state index in [1.54, 1.807) is 42.5 Å². The number of likely N-dealkylation sites (N-methyl/N-ethyl adjacent to an activating group) is 1. The van der Waals surface area contributed by atoms with Crippen molar-refractivity contribution in [3.8, 4) is 0 Å². The number of carbonyl (C=O) groups is 2. The maximum atomic E-state index is 12.7. The summed E-state index contributed by atoms with van der Waals surface area (Å²) in [4.78, 5) is 35.5. The monoisotopic (exact) mass is 913 g/mol. The fourth-order valence-corrected chi connectivity index (χ4v) is 7.13. The Bertz CT molecular complexity index is 1310. The van der Waals surface area contributed by atoms with Crippen molar-refractivity contribution in [2.24, 2.45) is 0 Å². The molecule has 0 amide bonds. The van der Waals surface area contributed by atoms with E-state index < -0.39 is 50.8 Å². The second-order valence-electron chi connectivity index (χ2n) is 17.7. The van der Waals surface area contributed by atoms with Crippen LogP contribution in [0.25, 0.3) is 0 Å². The van der Waals surface area contributed by atoms with Crippen LogP contribution in [0.3, 0.4) is 0 Å². The molecule has 0 aromatic rings. The lowest BCUT2D eigenvalue weighted by Crippen LogP contribution is -2.37. The number of aliphatic hydroxyl groups is 3. The van der Waals surface area contributed by atoms with Gasteiger partial charge in [-0.05, 0) is 51.4 Å². The average Bonchev–Trinajstić information content (AvgIpc) is 3.23. The molecule has 0 aliphatic carbocycles. The van der Waals surface area contributed by atoms with E-state index in [4.69, 9.17) is 18.5 Å². The van der Waals surface area contributed by atoms with Crippen LogP contribution in [0.4, 0.5) is 0 Å². The molecule has 0 aliphatic rings. The summed E-state index contributed by atoms with van der Waals surface area (Å²) in [5.74, 6) is -1.13. The van der Waals surface area contributed by atoms with Gasteiger partial charge in [-0.15, -0.1) is 0 Å². The Balaban J connectivity index is 4.60. The number of carbonyl (C=O) groups excluding carboxylic acids is 2. The summed E-state index contributed by atoms with van der Waals surface area (Å²) in [6.45, 7) is 3.92. The van der Waals surface area contributed by atoms with Gasteiger partial charge in [0, 0.05) is 12.8 Å². The molecule has 12 nitrogen and oxygen atoms in total. The van der Waals surface area contributed by atoms with Crippen molar-refractivity contribution in [2.75, 3.05) is 47.5 Å². The van der Waals surface area contributed by atoms with Gasteiger partial charge < -0.3 is 34.2 Å². The van der Waals surface area contributed by atoms with Crippen molar-refractivity contribution in [2.45, 2.75) is 199 Å². The molecule has 0 bridgehead atoms. The van der Waals surface area contributed by atoms with Crippen LogP contribution in [-0.4, -0.2) is 109 Å². The predicted molar refractivity (Wildman–Crippen MR) is 256 cm³/mol. The summed E-state index contributed by atoms with van der Waals surface area (Å²) in [5, 5.41) is 30.6. The number of esters is 2. The third-order valence-electron chi connectivity index (χ3n) is 10.4. The highest BCUT2D eigenvalue weighted by Crippen LogP contribution is 2.43. The lowest BCUT2D eigenvalue weighted by Gasteiger charge is -2.24. The van der Waals surface area contributed by atoms with Crippen molar-refractivity contribution < 1.29 is 57.4 Å². The number of aliphatic hydroxyl groups excluding tert-OH is 3. The number of unbranched alkanes of at least 4 members (excludes halogenated alkanes) is 17. The normalized spacial score (nSPS) is 15.5. The molecule has 0 fully saturated rings. The van der Waals surface area contributed by atoms with E-state index in [2.05, 4.69) is 26.0 Å². The molecular weight excluding hydrogens is 822 g/mol. The van der Waals surface area contributed by atoms with Crippen LogP contribution in [0, 0.1) is 0 Å². The van der Waals surface area contributed by atoms with Crippen molar-refractivity contribution in [3.05, 3.63) is 60.8 Å². The summed E-state index contributed by atoms with van der Waals surface area (Å²) in [6, 6.07) is 0. The predicted octanol–water partition coefficient (Wildman–Crippen LogP) is 10.9. The van der Waals surface area contributed by atoms with Crippen LogP contribution in [0.1, 0.15) is 174 Å². The second-order valence-corrected chi connectivity index (χ2v) is 19.2. The quantitative estimate of drug-likeness (QED) is 0.0115. The largest absolute Gasteiger partial charge is 0.472 e. The van der Waals surface area contributed by atoms with Gasteiger partial charge in [0.2, 0.25) is 0 Å². The van der Waals surface area contributed by atoms with Gasteiger partial charge in [-0.25, -0.2) is 4.57 Å². The van der Waals surface area contributed by atoms with E-state index in [9.17, 15) is 34.4 Å². The van der Waals surface area contributed by atoms with Crippen molar-refractivity contribution in [1.29, 1.82) is 0 Å². The number of quaternary nitrogens is 1. The van der Waals surface area contributed by atoms with Crippen molar-refractivity contribution in [3.63, 3.8) is 0 Å². The highest BCUT2D eigenvalue weighted by Gasteiger charge is 2.27. The first-order valence-corrected chi connectivity index (χ1v) is 25.8. The number of hydrogen-bond donors (Lipinski definition) is 4. The molecule has 63 heavy (non-hydrogen) atoms. The number of hydrogen-bond acceptors (Lipinski definition) is 10. The maximum Gasteiger partial charge on any atom is 0.472 e. The van der Waals surface area contributed by atoms with Crippen molar-refractivity contribution >= 4 is 19.8 Å². The molecule has 0 aromatic heterocycles. The van der Waals surface area contributed by atoms with Gasteiger partial charge in [0.1, 0.15) is 19.8 Å². The van der Waals surface area contributed by atoms with E-state index in [0.29, 0.717) is 17.4 Å². The highest BCUT2D eigenvalue weighted by atomic mass is 31.2. The minimum Gasteiger partial charge on any atom is -0.462 e. The Labute approximate surface area is 383 Å². The van der Waals surface area contributed by atoms with Crippen molar-refractivity contribution in [1.82, 2.24) is 0 Å². The zero-order valence-electron chi connectivity index (χ0n) is 40.1. The van der Waals surface area contributed by atoms with Gasteiger partial charge in [0.15, 0.2) is 6.10 Å². The lowest BCUT2D eigenvalue weighted by atomic mass is 10.1. The van der Waals surface area contributed by atoms with Crippen LogP contribution in [0.5, 0.6) is 0 Å². The Morgan fingerprint density at radius 2 is 1.10 bits per heavy atom. The standard InChI is InChI=1S/C50H90NO11P/c1-6-8-10-11-12-13-14-15-16-17-18-19-20-21-22-23-24-29-33-39-50(56)62-46(44-61-63(57,58)60-42-41-51(3,4)5)43-59-49(55)40-34-38-48(54)47(53)37-32-28-26-25-27-31-36-45(52)35-30-9-7-2/h15-16,25-28,31-32,36-37,45-48,52-54H,6-14,17-24,29-30,33-35,38-44H2,1-5H3/p+1/b16-15-,27-25-,28-26+,36-31+,37-32+/t45-,46-,47-,48-/m1/s1. The van der Waals surface area contributed by atoms with Crippen LogP contribution in [-0.2, 0) is 32.7 Å². The molecular formula is C50H91NO11P+. The first kappa shape index (κ1) is 60.6. The number of rotatable bonds is 43. The summed E-state index contributed by atoms with van der Waals surface area (Å²) in [7, 11) is 1.28. The Hall–Kier alpha value is -2.41. The fourth-order valence-electron chi connectivity index (χ4n) is 6.39. The molecule has 0 spiro atoms. The van der Waals surface area contributed by atoms with Gasteiger partial charge in [-0.3, -0.25) is 18.6 Å². The Morgan fingerprint density at radius 1 is 0.587 bits per heavy atom. The molecule has 366 valence electrons. The number of phosphoric ester groups is 1. The summed E-state index contributed by atoms with van der Waals surface area (Å²) < 4.78 is 34.1. The Kier molecular flexibility index (Phi) is 39.5. The molecule has 0 heterocycles. The van der Waals surface area contributed by atoms with Gasteiger partial charge in [0.25, 0.3) is 0 Å². The Morgan fingerprint density at radius 3 is 1.68 bits per heavy atom. The first-order chi connectivity index (χ1) is 30.2. The number of allylic oxidation sites excluding steroid dienone is 8. The van der Waals surface area contributed by atoms with E-state index >= 15 is 0 Å². The zero-order valence-corrected chi connectivity index (χ0v) is 41.0. The molecule has 0 aromatic carbocycles. The number of nitrogens with zero attached hydrogens (tertiary/aromatic N) is 1. The number of phosphoric acid groups is 1. The van der Waals surface area contributed by atoms with E-state index in [1.165, 1.54) is 89.5 Å². The second kappa shape index (κ2) is 41.1. The van der Waals surface area contributed by atoms with E-state index in [-0.39, 0.29) is 38.9 Å². The topological polar surface area (TPSA) is 169 Å². The van der Waals surface area contributed by atoms with Gasteiger partial charge in [-0.2, -0.15) is 0 Å². The minimum atomic E-state index is -4.46. The van der Waals surface area contributed by atoms with Crippen LogP contribution < -0.4 is 0 Å². The molecule has 1 unspecified atom stereocenters. The third-order valence-corrected chi connectivity index (χ3v) is 11.4.